The molecule has 0 spiro atoms. The number of aliphatic hydroxyl groups is 1. The first-order valence-corrected chi connectivity index (χ1v) is 7.21. The maximum atomic E-state index is 12.1. The molecule has 5 heteroatoms. The fourth-order valence-electron chi connectivity index (χ4n) is 2.05. The van der Waals surface area contributed by atoms with Gasteiger partial charge in [0.05, 0.1) is 11.2 Å². The molecule has 0 radical (unpaired) electrons. The zero-order valence-electron chi connectivity index (χ0n) is 10.4. The van der Waals surface area contributed by atoms with Crippen LogP contribution >= 0.6 is 11.8 Å². The van der Waals surface area contributed by atoms with Crippen molar-refractivity contribution in [2.45, 2.75) is 16.9 Å². The van der Waals surface area contributed by atoms with Crippen LogP contribution in [0.5, 0.6) is 0 Å². The van der Waals surface area contributed by atoms with E-state index in [1.54, 1.807) is 17.8 Å². The molecule has 0 saturated carbocycles. The lowest BCUT2D eigenvalue weighted by Crippen LogP contribution is -2.44. The molecular weight excluding hydrogens is 248 g/mol. The molecule has 0 aliphatic carbocycles. The van der Waals surface area contributed by atoms with Gasteiger partial charge in [-0.1, -0.05) is 12.1 Å². The van der Waals surface area contributed by atoms with Crippen LogP contribution in [0.25, 0.3) is 0 Å². The van der Waals surface area contributed by atoms with E-state index < -0.39 is 5.60 Å². The van der Waals surface area contributed by atoms with Crippen LogP contribution in [0.2, 0.25) is 0 Å². The summed E-state index contributed by atoms with van der Waals surface area (Å²) < 4.78 is 0. The van der Waals surface area contributed by atoms with Crippen molar-refractivity contribution in [3.05, 3.63) is 29.8 Å². The fourth-order valence-corrected chi connectivity index (χ4v) is 2.65. The van der Waals surface area contributed by atoms with Crippen LogP contribution in [-0.4, -0.2) is 42.5 Å². The number of β-amino-alcohol motifs (C(OH)–C–C–N with tert-alkyl or cyclic N) is 1. The molecule has 1 fully saturated rings. The van der Waals surface area contributed by atoms with Gasteiger partial charge in [-0.25, -0.2) is 0 Å². The number of carbonyl (C=O) groups excluding carboxylic acids is 1. The number of amides is 1. The number of hydrogen-bond acceptors (Lipinski definition) is 4. The summed E-state index contributed by atoms with van der Waals surface area (Å²) in [6.45, 7) is 1.63. The van der Waals surface area contributed by atoms with Crippen LogP contribution in [0.4, 0.5) is 0 Å². The summed E-state index contributed by atoms with van der Waals surface area (Å²) in [5, 5.41) is 16.0. The van der Waals surface area contributed by atoms with E-state index in [0.717, 1.165) is 11.4 Å². The Bertz CT molecular complexity index is 431. The summed E-state index contributed by atoms with van der Waals surface area (Å²) in [5.41, 5.74) is -0.135. The molecule has 1 amide bonds. The Hall–Kier alpha value is -1.04. The van der Waals surface area contributed by atoms with Gasteiger partial charge in [0.25, 0.3) is 5.91 Å². The molecule has 1 aliphatic rings. The molecular formula is C13H18N2O2S. The molecule has 0 unspecified atom stereocenters. The smallest absolute Gasteiger partial charge is 0.252 e. The van der Waals surface area contributed by atoms with Crippen LogP contribution in [0.1, 0.15) is 16.8 Å². The van der Waals surface area contributed by atoms with Gasteiger partial charge in [-0.2, -0.15) is 0 Å². The highest BCUT2D eigenvalue weighted by atomic mass is 32.2. The number of nitrogens with one attached hydrogen (secondary N) is 2. The van der Waals surface area contributed by atoms with Gasteiger partial charge in [-0.3, -0.25) is 4.79 Å². The summed E-state index contributed by atoms with van der Waals surface area (Å²) in [5.74, 6) is -0.125. The first-order valence-electron chi connectivity index (χ1n) is 5.99. The van der Waals surface area contributed by atoms with Crippen molar-refractivity contribution in [3.63, 3.8) is 0 Å². The molecule has 1 aromatic rings. The SMILES string of the molecule is CSc1ccccc1C(=O)NC[C@@]1(O)CCNC1. The van der Waals surface area contributed by atoms with Crippen LogP contribution in [0, 0.1) is 0 Å². The third-order valence-electron chi connectivity index (χ3n) is 3.15. The van der Waals surface area contributed by atoms with E-state index in [1.807, 2.05) is 24.5 Å². The summed E-state index contributed by atoms with van der Waals surface area (Å²) in [4.78, 5) is 13.0. The molecule has 2 rings (SSSR count). The second kappa shape index (κ2) is 5.73. The lowest BCUT2D eigenvalue weighted by molar-refractivity contribution is 0.0561. The molecule has 18 heavy (non-hydrogen) atoms. The second-order valence-electron chi connectivity index (χ2n) is 4.53. The van der Waals surface area contributed by atoms with Gasteiger partial charge >= 0.3 is 0 Å². The van der Waals surface area contributed by atoms with Gasteiger partial charge in [0.2, 0.25) is 0 Å². The average molecular weight is 266 g/mol. The molecule has 98 valence electrons. The van der Waals surface area contributed by atoms with E-state index in [2.05, 4.69) is 10.6 Å². The van der Waals surface area contributed by atoms with Crippen LogP contribution in [-0.2, 0) is 0 Å². The summed E-state index contributed by atoms with van der Waals surface area (Å²) in [6, 6.07) is 7.49. The van der Waals surface area contributed by atoms with E-state index in [1.165, 1.54) is 0 Å². The van der Waals surface area contributed by atoms with Crippen molar-refractivity contribution in [1.29, 1.82) is 0 Å². The molecule has 1 heterocycles. The molecule has 1 aliphatic heterocycles. The van der Waals surface area contributed by atoms with Gasteiger partial charge in [0, 0.05) is 18.0 Å². The molecule has 3 N–H and O–H groups in total. The molecule has 1 saturated heterocycles. The lowest BCUT2D eigenvalue weighted by atomic mass is 10.0. The van der Waals surface area contributed by atoms with Gasteiger partial charge in [-0.15, -0.1) is 11.8 Å². The highest BCUT2D eigenvalue weighted by molar-refractivity contribution is 7.98. The Balaban J connectivity index is 1.99. The first kappa shape index (κ1) is 13.4. The predicted molar refractivity (Wildman–Crippen MR) is 73.0 cm³/mol. The van der Waals surface area contributed by atoms with Crippen molar-refractivity contribution in [2.75, 3.05) is 25.9 Å². The Kier molecular flexibility index (Phi) is 4.27. The molecule has 1 aromatic carbocycles. The van der Waals surface area contributed by atoms with Crippen molar-refractivity contribution < 1.29 is 9.90 Å². The maximum Gasteiger partial charge on any atom is 0.252 e. The van der Waals surface area contributed by atoms with Crippen molar-refractivity contribution >= 4 is 17.7 Å². The van der Waals surface area contributed by atoms with Gasteiger partial charge in [0.1, 0.15) is 0 Å². The molecule has 0 aromatic heterocycles. The number of carbonyl (C=O) groups is 1. The molecule has 1 atom stereocenters. The van der Waals surface area contributed by atoms with Crippen LogP contribution in [0.15, 0.2) is 29.2 Å². The Morgan fingerprint density at radius 2 is 2.33 bits per heavy atom. The normalized spacial score (nSPS) is 23.0. The number of benzene rings is 1. The summed E-state index contributed by atoms with van der Waals surface area (Å²) in [6.07, 6.45) is 2.62. The maximum absolute atomic E-state index is 12.1. The van der Waals surface area contributed by atoms with Crippen molar-refractivity contribution in [1.82, 2.24) is 10.6 Å². The minimum absolute atomic E-state index is 0.125. The highest BCUT2D eigenvalue weighted by Crippen LogP contribution is 2.20. The highest BCUT2D eigenvalue weighted by Gasteiger charge is 2.31. The third kappa shape index (κ3) is 3.04. The van der Waals surface area contributed by atoms with E-state index >= 15 is 0 Å². The number of rotatable bonds is 4. The van der Waals surface area contributed by atoms with E-state index in [4.69, 9.17) is 0 Å². The van der Waals surface area contributed by atoms with Gasteiger partial charge in [-0.05, 0) is 31.4 Å². The second-order valence-corrected chi connectivity index (χ2v) is 5.38. The first-order chi connectivity index (χ1) is 8.64. The molecule has 4 nitrogen and oxygen atoms in total. The fraction of sp³-hybridized carbons (Fsp3) is 0.462. The Morgan fingerprint density at radius 3 is 3.00 bits per heavy atom. The Labute approximate surface area is 111 Å². The largest absolute Gasteiger partial charge is 0.387 e. The minimum atomic E-state index is -0.802. The third-order valence-corrected chi connectivity index (χ3v) is 3.95. The van der Waals surface area contributed by atoms with E-state index in [-0.39, 0.29) is 5.91 Å². The zero-order valence-corrected chi connectivity index (χ0v) is 11.2. The van der Waals surface area contributed by atoms with Gasteiger partial charge < -0.3 is 15.7 Å². The minimum Gasteiger partial charge on any atom is -0.387 e. The topological polar surface area (TPSA) is 61.4 Å². The van der Waals surface area contributed by atoms with E-state index in [0.29, 0.717) is 25.1 Å². The summed E-state index contributed by atoms with van der Waals surface area (Å²) >= 11 is 1.55. The standard InChI is InChI=1S/C13H18N2O2S/c1-18-11-5-3-2-4-10(11)12(16)15-9-13(17)6-7-14-8-13/h2-5,14,17H,6-9H2,1H3,(H,15,16)/t13-/m1/s1. The molecule has 0 bridgehead atoms. The lowest BCUT2D eigenvalue weighted by Gasteiger charge is -2.21. The van der Waals surface area contributed by atoms with Gasteiger partial charge in [0.15, 0.2) is 0 Å². The van der Waals surface area contributed by atoms with Crippen molar-refractivity contribution in [3.8, 4) is 0 Å². The average Bonchev–Trinajstić information content (AvgIpc) is 2.83. The van der Waals surface area contributed by atoms with Crippen LogP contribution < -0.4 is 10.6 Å². The van der Waals surface area contributed by atoms with E-state index in [9.17, 15) is 9.90 Å². The number of thioether (sulfide) groups is 1. The Morgan fingerprint density at radius 1 is 1.56 bits per heavy atom. The van der Waals surface area contributed by atoms with Crippen molar-refractivity contribution in [2.24, 2.45) is 0 Å². The monoisotopic (exact) mass is 266 g/mol. The predicted octanol–water partition coefficient (Wildman–Crippen LogP) is 0.863. The zero-order chi connectivity index (χ0) is 13.0. The summed E-state index contributed by atoms with van der Waals surface area (Å²) in [7, 11) is 0. The quantitative estimate of drug-likeness (QED) is 0.708. The number of hydrogen-bond donors (Lipinski definition) is 3. The van der Waals surface area contributed by atoms with Crippen LogP contribution in [0.3, 0.4) is 0 Å².